The number of carbonyl (C=O) groups excluding carboxylic acids is 3. The molecule has 10 nitrogen and oxygen atoms in total. The van der Waals surface area contributed by atoms with Gasteiger partial charge in [0.1, 0.15) is 0 Å². The summed E-state index contributed by atoms with van der Waals surface area (Å²) in [7, 11) is 2.62. The molecule has 21 heavy (non-hydrogen) atoms. The Morgan fingerprint density at radius 3 is 2.05 bits per heavy atom. The third-order valence-electron chi connectivity index (χ3n) is 2.20. The fourth-order valence-corrected chi connectivity index (χ4v) is 0.959. The van der Waals surface area contributed by atoms with Crippen molar-refractivity contribution < 1.29 is 24.6 Å². The molecule has 0 rings (SSSR count). The first kappa shape index (κ1) is 21.5. The summed E-state index contributed by atoms with van der Waals surface area (Å²) in [5.41, 5.74) is 10.1. The Morgan fingerprint density at radius 2 is 1.71 bits per heavy atom. The Bertz CT molecular complexity index is 326. The molecule has 0 aromatic rings. The normalized spacial score (nSPS) is 12.3. The molecule has 2 unspecified atom stereocenters. The van der Waals surface area contributed by atoms with Gasteiger partial charge in [-0.3, -0.25) is 10.1 Å². The zero-order chi connectivity index (χ0) is 17.0. The Balaban J connectivity index is 0. The lowest BCUT2D eigenvalue weighted by atomic mass is 10.3. The number of likely N-dealkylation sites (N-methyl/N-ethyl adjacent to an activating group) is 1. The SMILES string of the molecule is CC(O)CN.CN(CC(O)CN)C(=O)N(C)C(=O)NC=O. The van der Waals surface area contributed by atoms with Gasteiger partial charge in [-0.1, -0.05) is 0 Å². The van der Waals surface area contributed by atoms with Crippen LogP contribution in [0.4, 0.5) is 9.59 Å². The van der Waals surface area contributed by atoms with Crippen LogP contribution in [-0.4, -0.2) is 84.4 Å². The number of hydrogen-bond acceptors (Lipinski definition) is 7. The van der Waals surface area contributed by atoms with Crippen LogP contribution in [0.1, 0.15) is 6.92 Å². The summed E-state index contributed by atoms with van der Waals surface area (Å²) >= 11 is 0. The minimum absolute atomic E-state index is 0.00798. The molecule has 5 amide bonds. The van der Waals surface area contributed by atoms with Gasteiger partial charge < -0.3 is 26.6 Å². The van der Waals surface area contributed by atoms with Gasteiger partial charge in [0, 0.05) is 33.7 Å². The standard InChI is InChI=1S/C8H16N4O4.C3H9NO/c1-11(4-6(14)3-9)8(16)12(2)7(15)10-5-13;1-3(5)2-4/h5-6,14H,3-4,9H2,1-2H3,(H,10,13,15);3,5H,2,4H2,1H3. The van der Waals surface area contributed by atoms with Crippen LogP contribution in [-0.2, 0) is 4.79 Å². The minimum Gasteiger partial charge on any atom is -0.392 e. The van der Waals surface area contributed by atoms with Gasteiger partial charge in [-0.05, 0) is 6.92 Å². The molecular weight excluding hydrogens is 282 g/mol. The second kappa shape index (κ2) is 12.0. The molecule has 0 heterocycles. The third-order valence-corrected chi connectivity index (χ3v) is 2.20. The van der Waals surface area contributed by atoms with E-state index in [4.69, 9.17) is 16.6 Å². The van der Waals surface area contributed by atoms with E-state index < -0.39 is 18.2 Å². The summed E-state index contributed by atoms with van der Waals surface area (Å²) in [6.45, 7) is 2.04. The first-order valence-corrected chi connectivity index (χ1v) is 6.20. The molecule has 0 aromatic heterocycles. The number of amides is 5. The molecular formula is C11H25N5O5. The van der Waals surface area contributed by atoms with E-state index in [0.29, 0.717) is 6.54 Å². The van der Waals surface area contributed by atoms with E-state index in [0.717, 1.165) is 9.80 Å². The number of imide groups is 2. The van der Waals surface area contributed by atoms with Crippen molar-refractivity contribution in [3.8, 4) is 0 Å². The van der Waals surface area contributed by atoms with Crippen LogP contribution < -0.4 is 16.8 Å². The molecule has 0 aliphatic rings. The number of rotatable bonds is 5. The second-order valence-electron chi connectivity index (χ2n) is 4.26. The van der Waals surface area contributed by atoms with E-state index in [9.17, 15) is 19.5 Å². The monoisotopic (exact) mass is 307 g/mol. The van der Waals surface area contributed by atoms with Crippen LogP contribution in [0.5, 0.6) is 0 Å². The summed E-state index contributed by atoms with van der Waals surface area (Å²) in [5.74, 6) is 0. The fraction of sp³-hybridized carbons (Fsp3) is 0.727. The number of aliphatic hydroxyl groups excluding tert-OH is 2. The van der Waals surface area contributed by atoms with Gasteiger partial charge in [-0.2, -0.15) is 0 Å². The Kier molecular flexibility index (Phi) is 12.3. The van der Waals surface area contributed by atoms with Gasteiger partial charge in [0.2, 0.25) is 6.41 Å². The summed E-state index contributed by atoms with van der Waals surface area (Å²) in [4.78, 5) is 34.5. The van der Waals surface area contributed by atoms with Crippen LogP contribution in [0.2, 0.25) is 0 Å². The predicted molar refractivity (Wildman–Crippen MR) is 76.2 cm³/mol. The number of nitrogens with two attached hydrogens (primary N) is 2. The Morgan fingerprint density at radius 1 is 1.24 bits per heavy atom. The van der Waals surface area contributed by atoms with Crippen LogP contribution >= 0.6 is 0 Å². The van der Waals surface area contributed by atoms with E-state index in [2.05, 4.69) is 0 Å². The molecule has 0 bridgehead atoms. The Hall–Kier alpha value is -1.75. The number of carbonyl (C=O) groups is 3. The average molecular weight is 307 g/mol. The molecule has 0 fully saturated rings. The van der Waals surface area contributed by atoms with E-state index in [1.54, 1.807) is 6.92 Å². The molecule has 124 valence electrons. The van der Waals surface area contributed by atoms with Crippen molar-refractivity contribution in [3.63, 3.8) is 0 Å². The zero-order valence-electron chi connectivity index (χ0n) is 12.5. The predicted octanol–water partition coefficient (Wildman–Crippen LogP) is -2.52. The van der Waals surface area contributed by atoms with Crippen LogP contribution in [0.3, 0.4) is 0 Å². The number of urea groups is 2. The zero-order valence-corrected chi connectivity index (χ0v) is 12.5. The maximum absolute atomic E-state index is 11.5. The van der Waals surface area contributed by atoms with Crippen molar-refractivity contribution in [3.05, 3.63) is 0 Å². The molecule has 0 saturated heterocycles. The van der Waals surface area contributed by atoms with E-state index in [1.165, 1.54) is 14.1 Å². The van der Waals surface area contributed by atoms with E-state index in [1.807, 2.05) is 5.32 Å². The molecule has 0 saturated carbocycles. The fourth-order valence-electron chi connectivity index (χ4n) is 0.959. The van der Waals surface area contributed by atoms with Crippen molar-refractivity contribution in [1.29, 1.82) is 0 Å². The van der Waals surface area contributed by atoms with Gasteiger partial charge in [-0.15, -0.1) is 0 Å². The van der Waals surface area contributed by atoms with Gasteiger partial charge >= 0.3 is 12.1 Å². The van der Waals surface area contributed by atoms with Gasteiger partial charge in [-0.25, -0.2) is 14.5 Å². The van der Waals surface area contributed by atoms with Crippen molar-refractivity contribution in [1.82, 2.24) is 15.1 Å². The van der Waals surface area contributed by atoms with Crippen LogP contribution in [0.25, 0.3) is 0 Å². The summed E-state index contributed by atoms with van der Waals surface area (Å²) in [6.07, 6.45) is -1.01. The van der Waals surface area contributed by atoms with Crippen LogP contribution in [0, 0.1) is 0 Å². The number of nitrogens with zero attached hydrogens (tertiary/aromatic N) is 2. The molecule has 0 radical (unpaired) electrons. The molecule has 2 atom stereocenters. The molecule has 7 N–H and O–H groups in total. The van der Waals surface area contributed by atoms with Crippen LogP contribution in [0.15, 0.2) is 0 Å². The highest BCUT2D eigenvalue weighted by Crippen LogP contribution is 1.96. The molecule has 0 spiro atoms. The van der Waals surface area contributed by atoms with Crippen molar-refractivity contribution in [2.75, 3.05) is 33.7 Å². The van der Waals surface area contributed by atoms with Gasteiger partial charge in [0.25, 0.3) is 0 Å². The summed E-state index contributed by atoms with van der Waals surface area (Å²) in [5, 5.41) is 19.3. The summed E-state index contributed by atoms with van der Waals surface area (Å²) < 4.78 is 0. The van der Waals surface area contributed by atoms with Gasteiger partial charge in [0.15, 0.2) is 0 Å². The molecule has 0 aromatic carbocycles. The number of nitrogens with one attached hydrogen (secondary N) is 1. The Labute approximate surface area is 123 Å². The third kappa shape index (κ3) is 10.7. The first-order valence-electron chi connectivity index (χ1n) is 6.20. The minimum atomic E-state index is -0.850. The largest absolute Gasteiger partial charge is 0.392 e. The highest BCUT2D eigenvalue weighted by Gasteiger charge is 2.21. The van der Waals surface area contributed by atoms with E-state index in [-0.39, 0.29) is 25.6 Å². The van der Waals surface area contributed by atoms with Gasteiger partial charge in [0.05, 0.1) is 12.2 Å². The number of hydrogen-bond donors (Lipinski definition) is 5. The lowest BCUT2D eigenvalue weighted by Gasteiger charge is -2.24. The number of aliphatic hydroxyl groups is 2. The topological polar surface area (TPSA) is 162 Å². The lowest BCUT2D eigenvalue weighted by molar-refractivity contribution is -0.108. The first-order chi connectivity index (χ1) is 9.70. The quantitative estimate of drug-likeness (QED) is 0.350. The van der Waals surface area contributed by atoms with Crippen molar-refractivity contribution >= 4 is 18.5 Å². The van der Waals surface area contributed by atoms with E-state index >= 15 is 0 Å². The molecule has 0 aliphatic carbocycles. The molecule has 0 aliphatic heterocycles. The smallest absolute Gasteiger partial charge is 0.331 e. The average Bonchev–Trinajstić information content (AvgIpc) is 2.46. The highest BCUT2D eigenvalue weighted by atomic mass is 16.3. The highest BCUT2D eigenvalue weighted by molar-refractivity contribution is 5.96. The maximum atomic E-state index is 11.5. The lowest BCUT2D eigenvalue weighted by Crippen LogP contribution is -2.48. The van der Waals surface area contributed by atoms with Crippen molar-refractivity contribution in [2.45, 2.75) is 19.1 Å². The summed E-state index contributed by atoms with van der Waals surface area (Å²) in [6, 6.07) is -1.49. The molecule has 10 heteroatoms. The maximum Gasteiger partial charge on any atom is 0.331 e. The second-order valence-corrected chi connectivity index (χ2v) is 4.26. The van der Waals surface area contributed by atoms with Crippen molar-refractivity contribution in [2.24, 2.45) is 11.5 Å².